The van der Waals surface area contributed by atoms with Gasteiger partial charge in [-0.05, 0) is 12.8 Å². The molecule has 118 valence electrons. The summed E-state index contributed by atoms with van der Waals surface area (Å²) in [6, 6.07) is 0. The van der Waals surface area contributed by atoms with Crippen molar-refractivity contribution in [2.45, 2.75) is 18.8 Å². The molecule has 2 aliphatic heterocycles. The SMILES string of the molecule is Nc1nc(C2CCN(S(=O)(=O)N3CCOCC3)CC2)cs1. The monoisotopic (exact) mass is 332 g/mol. The van der Waals surface area contributed by atoms with Crippen LogP contribution in [0, 0.1) is 0 Å². The van der Waals surface area contributed by atoms with E-state index < -0.39 is 10.2 Å². The zero-order valence-corrected chi connectivity index (χ0v) is 13.4. The highest BCUT2D eigenvalue weighted by Gasteiger charge is 2.34. The van der Waals surface area contributed by atoms with E-state index in [-0.39, 0.29) is 0 Å². The fourth-order valence-electron chi connectivity index (χ4n) is 2.81. The first kappa shape index (κ1) is 15.2. The number of morpholine rings is 1. The molecular weight excluding hydrogens is 312 g/mol. The molecule has 0 aliphatic carbocycles. The van der Waals surface area contributed by atoms with Crippen LogP contribution in [0.1, 0.15) is 24.5 Å². The molecule has 2 N–H and O–H groups in total. The number of piperidine rings is 1. The lowest BCUT2D eigenvalue weighted by atomic mass is 9.95. The van der Waals surface area contributed by atoms with Gasteiger partial charge in [0, 0.05) is 37.5 Å². The molecule has 7 nitrogen and oxygen atoms in total. The Morgan fingerprint density at radius 1 is 1.19 bits per heavy atom. The summed E-state index contributed by atoms with van der Waals surface area (Å²) in [7, 11) is -3.34. The number of nitrogens with two attached hydrogens (primary N) is 1. The molecule has 9 heteroatoms. The standard InChI is InChI=1S/C12H20N4O3S2/c13-12-14-11(9-20-12)10-1-3-15(4-2-10)21(17,18)16-5-7-19-8-6-16/h9-10H,1-8H2,(H2,13,14). The number of anilines is 1. The van der Waals surface area contributed by atoms with Crippen LogP contribution < -0.4 is 5.73 Å². The van der Waals surface area contributed by atoms with E-state index in [1.54, 1.807) is 4.31 Å². The molecule has 2 aliphatic rings. The maximum atomic E-state index is 12.6. The first-order chi connectivity index (χ1) is 10.1. The van der Waals surface area contributed by atoms with E-state index in [0.717, 1.165) is 18.5 Å². The first-order valence-electron chi connectivity index (χ1n) is 7.11. The van der Waals surface area contributed by atoms with Crippen molar-refractivity contribution in [3.8, 4) is 0 Å². The van der Waals surface area contributed by atoms with Crippen molar-refractivity contribution in [2.75, 3.05) is 45.1 Å². The maximum Gasteiger partial charge on any atom is 0.282 e. The zero-order valence-electron chi connectivity index (χ0n) is 11.8. The Labute approximate surface area is 128 Å². The lowest BCUT2D eigenvalue weighted by Crippen LogP contribution is -2.50. The molecule has 0 saturated carbocycles. The molecule has 21 heavy (non-hydrogen) atoms. The van der Waals surface area contributed by atoms with E-state index in [4.69, 9.17) is 10.5 Å². The molecule has 0 unspecified atom stereocenters. The van der Waals surface area contributed by atoms with E-state index in [1.807, 2.05) is 5.38 Å². The first-order valence-corrected chi connectivity index (χ1v) is 9.39. The van der Waals surface area contributed by atoms with Gasteiger partial charge in [0.1, 0.15) is 0 Å². The van der Waals surface area contributed by atoms with Gasteiger partial charge >= 0.3 is 0 Å². The van der Waals surface area contributed by atoms with Crippen molar-refractivity contribution < 1.29 is 13.2 Å². The summed E-state index contributed by atoms with van der Waals surface area (Å²) in [5.41, 5.74) is 6.66. The maximum absolute atomic E-state index is 12.6. The second-order valence-electron chi connectivity index (χ2n) is 5.30. The van der Waals surface area contributed by atoms with Gasteiger partial charge in [0.15, 0.2) is 5.13 Å². The normalized spacial score (nSPS) is 23.4. The van der Waals surface area contributed by atoms with Crippen molar-refractivity contribution in [3.05, 3.63) is 11.1 Å². The Kier molecular flexibility index (Phi) is 4.46. The minimum Gasteiger partial charge on any atom is -0.379 e. The van der Waals surface area contributed by atoms with Crippen LogP contribution in [0.3, 0.4) is 0 Å². The van der Waals surface area contributed by atoms with Gasteiger partial charge in [-0.15, -0.1) is 11.3 Å². The van der Waals surface area contributed by atoms with Crippen LogP contribution in [-0.4, -0.2) is 61.4 Å². The summed E-state index contributed by atoms with van der Waals surface area (Å²) in [5, 5.41) is 2.56. The van der Waals surface area contributed by atoms with Crippen LogP contribution in [0.4, 0.5) is 5.13 Å². The molecule has 0 atom stereocenters. The number of aromatic nitrogens is 1. The molecule has 1 aromatic rings. The van der Waals surface area contributed by atoms with Crippen LogP contribution >= 0.6 is 11.3 Å². The van der Waals surface area contributed by atoms with Crippen molar-refractivity contribution in [2.24, 2.45) is 0 Å². The third-order valence-electron chi connectivity index (χ3n) is 4.03. The Balaban J connectivity index is 1.62. The van der Waals surface area contributed by atoms with E-state index in [2.05, 4.69) is 4.98 Å². The Hall–Kier alpha value is -0.740. The quantitative estimate of drug-likeness (QED) is 0.870. The number of nitrogens with zero attached hydrogens (tertiary/aromatic N) is 3. The van der Waals surface area contributed by atoms with Gasteiger partial charge in [0.05, 0.1) is 18.9 Å². The van der Waals surface area contributed by atoms with Gasteiger partial charge in [0.25, 0.3) is 10.2 Å². The molecule has 0 aromatic carbocycles. The molecule has 2 fully saturated rings. The number of rotatable bonds is 3. The fraction of sp³-hybridized carbons (Fsp3) is 0.750. The van der Waals surface area contributed by atoms with E-state index in [9.17, 15) is 8.42 Å². The highest BCUT2D eigenvalue weighted by molar-refractivity contribution is 7.86. The van der Waals surface area contributed by atoms with E-state index >= 15 is 0 Å². The van der Waals surface area contributed by atoms with Crippen LogP contribution in [0.15, 0.2) is 5.38 Å². The summed E-state index contributed by atoms with van der Waals surface area (Å²) >= 11 is 1.44. The summed E-state index contributed by atoms with van der Waals surface area (Å²) in [5.74, 6) is 0.315. The van der Waals surface area contributed by atoms with Crippen molar-refractivity contribution in [1.82, 2.24) is 13.6 Å². The number of nitrogen functional groups attached to an aromatic ring is 1. The Morgan fingerprint density at radius 3 is 2.38 bits per heavy atom. The molecule has 1 aromatic heterocycles. The molecule has 0 spiro atoms. The molecule has 2 saturated heterocycles. The van der Waals surface area contributed by atoms with Gasteiger partial charge in [-0.1, -0.05) is 0 Å². The van der Waals surface area contributed by atoms with Crippen LogP contribution in [0.25, 0.3) is 0 Å². The second kappa shape index (κ2) is 6.17. The van der Waals surface area contributed by atoms with Crippen LogP contribution in [-0.2, 0) is 14.9 Å². The predicted octanol–water partition coefficient (Wildman–Crippen LogP) is 0.482. The fourth-order valence-corrected chi connectivity index (χ4v) is 5.07. The van der Waals surface area contributed by atoms with Gasteiger partial charge in [0.2, 0.25) is 0 Å². The van der Waals surface area contributed by atoms with E-state index in [0.29, 0.717) is 50.4 Å². The van der Waals surface area contributed by atoms with Gasteiger partial charge in [-0.2, -0.15) is 17.0 Å². The predicted molar refractivity (Wildman–Crippen MR) is 81.4 cm³/mol. The molecule has 0 radical (unpaired) electrons. The Bertz CT molecular complexity index is 575. The smallest absolute Gasteiger partial charge is 0.282 e. The average molecular weight is 332 g/mol. The lowest BCUT2D eigenvalue weighted by Gasteiger charge is -2.35. The molecule has 0 amide bonds. The second-order valence-corrected chi connectivity index (χ2v) is 8.12. The number of ether oxygens (including phenoxy) is 1. The third-order valence-corrected chi connectivity index (χ3v) is 6.76. The summed E-state index contributed by atoms with van der Waals surface area (Å²) in [6.45, 7) is 2.95. The highest BCUT2D eigenvalue weighted by Crippen LogP contribution is 2.31. The lowest BCUT2D eigenvalue weighted by molar-refractivity contribution is 0.0696. The van der Waals surface area contributed by atoms with Crippen molar-refractivity contribution >= 4 is 26.7 Å². The average Bonchev–Trinajstić information content (AvgIpc) is 2.95. The topological polar surface area (TPSA) is 88.8 Å². The minimum atomic E-state index is -3.34. The number of thiazole rings is 1. The molecular formula is C12H20N4O3S2. The molecule has 3 heterocycles. The van der Waals surface area contributed by atoms with Crippen LogP contribution in [0.5, 0.6) is 0 Å². The highest BCUT2D eigenvalue weighted by atomic mass is 32.2. The minimum absolute atomic E-state index is 0.315. The van der Waals surface area contributed by atoms with Gasteiger partial charge in [-0.3, -0.25) is 0 Å². The third kappa shape index (κ3) is 3.21. The summed E-state index contributed by atoms with van der Waals surface area (Å²) < 4.78 is 33.4. The number of hydrogen-bond donors (Lipinski definition) is 1. The van der Waals surface area contributed by atoms with Gasteiger partial charge < -0.3 is 10.5 Å². The van der Waals surface area contributed by atoms with Crippen LogP contribution in [0.2, 0.25) is 0 Å². The number of hydrogen-bond acceptors (Lipinski definition) is 6. The van der Waals surface area contributed by atoms with E-state index in [1.165, 1.54) is 15.6 Å². The van der Waals surface area contributed by atoms with Gasteiger partial charge in [-0.25, -0.2) is 4.98 Å². The molecule has 0 bridgehead atoms. The zero-order chi connectivity index (χ0) is 14.9. The molecule has 3 rings (SSSR count). The summed E-state index contributed by atoms with van der Waals surface area (Å²) in [6.07, 6.45) is 1.60. The Morgan fingerprint density at radius 2 is 1.81 bits per heavy atom. The van der Waals surface area contributed by atoms with Crippen molar-refractivity contribution in [3.63, 3.8) is 0 Å². The van der Waals surface area contributed by atoms with Crippen molar-refractivity contribution in [1.29, 1.82) is 0 Å². The largest absolute Gasteiger partial charge is 0.379 e. The summed E-state index contributed by atoms with van der Waals surface area (Å²) in [4.78, 5) is 4.31.